The fraction of sp³-hybridized carbons (Fsp3) is 0.364. The summed E-state index contributed by atoms with van der Waals surface area (Å²) in [7, 11) is 0. The highest BCUT2D eigenvalue weighted by Crippen LogP contribution is 2.20. The third kappa shape index (κ3) is 4.00. The number of para-hydroxylation sites is 1. The van der Waals surface area contributed by atoms with Crippen molar-refractivity contribution in [2.45, 2.75) is 19.9 Å². The van der Waals surface area contributed by atoms with Gasteiger partial charge in [-0.1, -0.05) is 37.6 Å². The summed E-state index contributed by atoms with van der Waals surface area (Å²) in [5, 5.41) is 3.21. The van der Waals surface area contributed by atoms with Gasteiger partial charge < -0.3 is 11.1 Å². The Balaban J connectivity index is 0.00000225. The number of hydrogen-bond donors (Lipinski definition) is 2. The van der Waals surface area contributed by atoms with Crippen LogP contribution in [0.5, 0.6) is 0 Å². The van der Waals surface area contributed by atoms with Gasteiger partial charge in [0.1, 0.15) is 0 Å². The molecule has 0 bridgehead atoms. The van der Waals surface area contributed by atoms with Gasteiger partial charge in [-0.25, -0.2) is 0 Å². The zero-order chi connectivity index (χ0) is 11.4. The van der Waals surface area contributed by atoms with Crippen molar-refractivity contribution < 1.29 is 4.79 Å². The minimum absolute atomic E-state index is 0. The first-order valence-corrected chi connectivity index (χ1v) is 5.21. The van der Waals surface area contributed by atoms with E-state index in [1.165, 1.54) is 0 Å². The summed E-state index contributed by atoms with van der Waals surface area (Å²) in [6.45, 7) is 3.80. The van der Waals surface area contributed by atoms with Crippen LogP contribution in [0.1, 0.15) is 13.8 Å². The molecule has 0 aliphatic rings. The number of anilines is 1. The predicted octanol–water partition coefficient (Wildman–Crippen LogP) is 2.68. The Kier molecular flexibility index (Phi) is 6.41. The zero-order valence-corrected chi connectivity index (χ0v) is 10.8. The van der Waals surface area contributed by atoms with E-state index in [1.54, 1.807) is 18.2 Å². The van der Waals surface area contributed by atoms with Crippen molar-refractivity contribution in [3.05, 3.63) is 29.3 Å². The second-order valence-corrected chi connectivity index (χ2v) is 4.15. The lowest BCUT2D eigenvalue weighted by molar-refractivity contribution is -0.118. The fourth-order valence-corrected chi connectivity index (χ4v) is 1.26. The molecule has 0 spiro atoms. The first-order valence-electron chi connectivity index (χ1n) is 4.83. The van der Waals surface area contributed by atoms with Gasteiger partial charge >= 0.3 is 0 Å². The molecule has 0 fully saturated rings. The largest absolute Gasteiger partial charge is 0.323 e. The van der Waals surface area contributed by atoms with Crippen LogP contribution < -0.4 is 11.1 Å². The molecule has 1 aromatic rings. The van der Waals surface area contributed by atoms with Gasteiger partial charge in [-0.15, -0.1) is 12.4 Å². The van der Waals surface area contributed by atoms with Crippen molar-refractivity contribution in [1.82, 2.24) is 0 Å². The summed E-state index contributed by atoms with van der Waals surface area (Å²) in [6.07, 6.45) is 0. The lowest BCUT2D eigenvalue weighted by Crippen LogP contribution is -2.39. The van der Waals surface area contributed by atoms with Crippen LogP contribution in [0.4, 0.5) is 5.69 Å². The molecular weight excluding hydrogens is 247 g/mol. The van der Waals surface area contributed by atoms with Gasteiger partial charge in [-0.2, -0.15) is 0 Å². The quantitative estimate of drug-likeness (QED) is 0.880. The molecule has 0 saturated carbocycles. The molecule has 0 heterocycles. The smallest absolute Gasteiger partial charge is 0.241 e. The Morgan fingerprint density at radius 3 is 2.44 bits per heavy atom. The second-order valence-electron chi connectivity index (χ2n) is 3.74. The topological polar surface area (TPSA) is 55.1 Å². The first-order chi connectivity index (χ1) is 7.02. The highest BCUT2D eigenvalue weighted by atomic mass is 35.5. The Morgan fingerprint density at radius 1 is 1.38 bits per heavy atom. The second kappa shape index (κ2) is 6.74. The van der Waals surface area contributed by atoms with Crippen molar-refractivity contribution in [3.63, 3.8) is 0 Å². The van der Waals surface area contributed by atoms with E-state index < -0.39 is 6.04 Å². The van der Waals surface area contributed by atoms with Gasteiger partial charge in [0.25, 0.3) is 0 Å². The Hall–Kier alpha value is -0.770. The van der Waals surface area contributed by atoms with Crippen LogP contribution in [-0.2, 0) is 4.79 Å². The lowest BCUT2D eigenvalue weighted by atomic mass is 10.1. The van der Waals surface area contributed by atoms with Gasteiger partial charge in [0.2, 0.25) is 5.91 Å². The fourth-order valence-electron chi connectivity index (χ4n) is 1.08. The molecule has 3 nitrogen and oxygen atoms in total. The van der Waals surface area contributed by atoms with Crippen LogP contribution in [0.2, 0.25) is 5.02 Å². The summed E-state index contributed by atoms with van der Waals surface area (Å²) in [5.74, 6) is -0.106. The number of amides is 1. The van der Waals surface area contributed by atoms with E-state index in [9.17, 15) is 4.79 Å². The number of halogens is 2. The minimum atomic E-state index is -0.513. The van der Waals surface area contributed by atoms with Crippen LogP contribution >= 0.6 is 24.0 Å². The highest BCUT2D eigenvalue weighted by molar-refractivity contribution is 6.33. The number of benzene rings is 1. The Morgan fingerprint density at radius 2 is 1.94 bits per heavy atom. The maximum atomic E-state index is 11.6. The lowest BCUT2D eigenvalue weighted by Gasteiger charge is -2.15. The summed E-state index contributed by atoms with van der Waals surface area (Å²) < 4.78 is 0. The number of nitrogens with one attached hydrogen (secondary N) is 1. The summed E-state index contributed by atoms with van der Waals surface area (Å²) in [5.41, 5.74) is 6.30. The average Bonchev–Trinajstić information content (AvgIpc) is 2.20. The van der Waals surface area contributed by atoms with E-state index in [1.807, 2.05) is 19.9 Å². The molecule has 0 radical (unpaired) electrons. The first kappa shape index (κ1) is 15.2. The number of nitrogens with two attached hydrogens (primary N) is 1. The van der Waals surface area contributed by atoms with E-state index in [0.29, 0.717) is 10.7 Å². The van der Waals surface area contributed by atoms with Crippen molar-refractivity contribution >= 4 is 35.6 Å². The van der Waals surface area contributed by atoms with Crippen molar-refractivity contribution in [3.8, 4) is 0 Å². The minimum Gasteiger partial charge on any atom is -0.323 e. The summed E-state index contributed by atoms with van der Waals surface area (Å²) in [4.78, 5) is 11.6. The predicted molar refractivity (Wildman–Crippen MR) is 70.1 cm³/mol. The zero-order valence-electron chi connectivity index (χ0n) is 9.24. The molecule has 90 valence electrons. The molecule has 5 heteroatoms. The van der Waals surface area contributed by atoms with E-state index in [2.05, 4.69) is 5.32 Å². The Labute approximate surface area is 107 Å². The van der Waals surface area contributed by atoms with Crippen LogP contribution in [-0.4, -0.2) is 11.9 Å². The molecule has 1 aromatic carbocycles. The van der Waals surface area contributed by atoms with Crippen LogP contribution in [0.15, 0.2) is 24.3 Å². The molecule has 0 saturated heterocycles. The third-order valence-electron chi connectivity index (χ3n) is 2.15. The molecule has 0 aliphatic carbocycles. The van der Waals surface area contributed by atoms with Gasteiger partial charge in [0.05, 0.1) is 16.8 Å². The molecule has 1 atom stereocenters. The number of carbonyl (C=O) groups excluding carboxylic acids is 1. The molecular formula is C11H16Cl2N2O. The molecule has 1 rings (SSSR count). The molecule has 0 aliphatic heterocycles. The third-order valence-corrected chi connectivity index (χ3v) is 2.48. The highest BCUT2D eigenvalue weighted by Gasteiger charge is 2.17. The Bertz CT molecular complexity index is 356. The average molecular weight is 263 g/mol. The maximum absolute atomic E-state index is 11.6. The normalized spacial score (nSPS) is 11.8. The molecule has 3 N–H and O–H groups in total. The standard InChI is InChI=1S/C11H15ClN2O.ClH/c1-7(2)10(13)11(15)14-9-6-4-3-5-8(9)12;/h3-7,10H,13H2,1-2H3,(H,14,15);1H. The van der Waals surface area contributed by atoms with Crippen LogP contribution in [0.3, 0.4) is 0 Å². The van der Waals surface area contributed by atoms with Crippen LogP contribution in [0, 0.1) is 5.92 Å². The SMILES string of the molecule is CC(C)C(N)C(=O)Nc1ccccc1Cl.Cl. The van der Waals surface area contributed by atoms with Gasteiger partial charge in [0.15, 0.2) is 0 Å². The summed E-state index contributed by atoms with van der Waals surface area (Å²) >= 11 is 5.90. The van der Waals surface area contributed by atoms with E-state index in [0.717, 1.165) is 0 Å². The molecule has 1 unspecified atom stereocenters. The molecule has 16 heavy (non-hydrogen) atoms. The van der Waals surface area contributed by atoms with E-state index >= 15 is 0 Å². The monoisotopic (exact) mass is 262 g/mol. The van der Waals surface area contributed by atoms with Crippen molar-refractivity contribution in [2.24, 2.45) is 11.7 Å². The van der Waals surface area contributed by atoms with Crippen molar-refractivity contribution in [2.75, 3.05) is 5.32 Å². The number of hydrogen-bond acceptors (Lipinski definition) is 2. The van der Waals surface area contributed by atoms with Gasteiger partial charge in [-0.3, -0.25) is 4.79 Å². The summed E-state index contributed by atoms with van der Waals surface area (Å²) in [6, 6.07) is 6.56. The van der Waals surface area contributed by atoms with Gasteiger partial charge in [0, 0.05) is 0 Å². The van der Waals surface area contributed by atoms with E-state index in [-0.39, 0.29) is 24.2 Å². The maximum Gasteiger partial charge on any atom is 0.241 e. The van der Waals surface area contributed by atoms with Crippen molar-refractivity contribution in [1.29, 1.82) is 0 Å². The molecule has 1 amide bonds. The number of rotatable bonds is 3. The van der Waals surface area contributed by atoms with E-state index in [4.69, 9.17) is 17.3 Å². The number of carbonyl (C=O) groups is 1. The van der Waals surface area contributed by atoms with Crippen LogP contribution in [0.25, 0.3) is 0 Å². The molecule has 0 aromatic heterocycles. The van der Waals surface area contributed by atoms with Gasteiger partial charge in [-0.05, 0) is 18.1 Å².